The Morgan fingerprint density at radius 3 is 2.50 bits per heavy atom. The molecule has 0 aliphatic rings. The lowest BCUT2D eigenvalue weighted by Crippen LogP contribution is -2.19. The molecule has 0 fully saturated rings. The van der Waals surface area contributed by atoms with Crippen molar-refractivity contribution in [3.8, 4) is 11.5 Å². The molecule has 0 saturated carbocycles. The van der Waals surface area contributed by atoms with Crippen molar-refractivity contribution in [1.29, 1.82) is 0 Å². The first-order valence-electron chi connectivity index (χ1n) is 7.82. The Bertz CT molecular complexity index is 1080. The maximum absolute atomic E-state index is 12.1. The highest BCUT2D eigenvalue weighted by Gasteiger charge is 2.10. The first-order chi connectivity index (χ1) is 12.7. The van der Waals surface area contributed by atoms with Gasteiger partial charge in [-0.2, -0.15) is 0 Å². The van der Waals surface area contributed by atoms with Gasteiger partial charge in [0.05, 0.1) is 0 Å². The molecule has 0 bridgehead atoms. The van der Waals surface area contributed by atoms with Crippen LogP contribution in [0.1, 0.15) is 0 Å². The van der Waals surface area contributed by atoms with E-state index in [4.69, 9.17) is 16.0 Å². The van der Waals surface area contributed by atoms with Crippen molar-refractivity contribution in [3.63, 3.8) is 0 Å². The first-order valence-corrected chi connectivity index (χ1v) is 8.20. The number of benzene rings is 2. The zero-order valence-electron chi connectivity index (χ0n) is 13.4. The second-order valence-electron chi connectivity index (χ2n) is 5.53. The molecule has 0 aliphatic heterocycles. The second kappa shape index (κ2) is 6.85. The standard InChI is InChI=1S/C19H13ClN4O2/c20-13-2-1-3-14(10-13)22-19(25)23-15-4-5-16-17(11-15)26-18(24-16)12-6-8-21-9-7-12/h1-11H,(H2,22,23,25). The summed E-state index contributed by atoms with van der Waals surface area (Å²) < 4.78 is 5.78. The van der Waals surface area contributed by atoms with E-state index < -0.39 is 0 Å². The van der Waals surface area contributed by atoms with Gasteiger partial charge < -0.3 is 15.1 Å². The van der Waals surface area contributed by atoms with Crippen LogP contribution < -0.4 is 10.6 Å². The van der Waals surface area contributed by atoms with Crippen molar-refractivity contribution in [3.05, 3.63) is 72.0 Å². The molecule has 128 valence electrons. The summed E-state index contributed by atoms with van der Waals surface area (Å²) >= 11 is 5.91. The van der Waals surface area contributed by atoms with Crippen LogP contribution in [0.5, 0.6) is 0 Å². The molecular weight excluding hydrogens is 352 g/mol. The van der Waals surface area contributed by atoms with E-state index >= 15 is 0 Å². The molecule has 0 aliphatic carbocycles. The van der Waals surface area contributed by atoms with Crippen LogP contribution in [-0.4, -0.2) is 16.0 Å². The van der Waals surface area contributed by atoms with Gasteiger partial charge in [0.2, 0.25) is 5.89 Å². The van der Waals surface area contributed by atoms with Crippen LogP contribution in [0.25, 0.3) is 22.6 Å². The minimum absolute atomic E-state index is 0.375. The molecule has 0 unspecified atom stereocenters. The van der Waals surface area contributed by atoms with E-state index in [9.17, 15) is 4.79 Å². The average molecular weight is 365 g/mol. The summed E-state index contributed by atoms with van der Waals surface area (Å²) in [5, 5.41) is 6.03. The largest absolute Gasteiger partial charge is 0.436 e. The molecule has 0 atom stereocenters. The highest BCUT2D eigenvalue weighted by Crippen LogP contribution is 2.26. The average Bonchev–Trinajstić information content (AvgIpc) is 3.06. The lowest BCUT2D eigenvalue weighted by Gasteiger charge is -2.07. The molecule has 0 spiro atoms. The highest BCUT2D eigenvalue weighted by atomic mass is 35.5. The Morgan fingerprint density at radius 1 is 0.962 bits per heavy atom. The van der Waals surface area contributed by atoms with Gasteiger partial charge in [-0.1, -0.05) is 17.7 Å². The minimum Gasteiger partial charge on any atom is -0.436 e. The molecular formula is C19H13ClN4O2. The summed E-state index contributed by atoms with van der Waals surface area (Å²) in [6.07, 6.45) is 3.36. The van der Waals surface area contributed by atoms with E-state index in [2.05, 4.69) is 20.6 Å². The summed E-state index contributed by atoms with van der Waals surface area (Å²) in [7, 11) is 0. The van der Waals surface area contributed by atoms with Gasteiger partial charge in [-0.3, -0.25) is 4.98 Å². The molecule has 7 heteroatoms. The van der Waals surface area contributed by atoms with E-state index in [0.717, 1.165) is 5.56 Å². The van der Waals surface area contributed by atoms with Crippen molar-refractivity contribution < 1.29 is 9.21 Å². The topological polar surface area (TPSA) is 80.0 Å². The number of amides is 2. The molecule has 2 heterocycles. The van der Waals surface area contributed by atoms with Crippen LogP contribution in [0.3, 0.4) is 0 Å². The highest BCUT2D eigenvalue weighted by molar-refractivity contribution is 6.30. The maximum atomic E-state index is 12.1. The molecule has 2 aromatic carbocycles. The number of aromatic nitrogens is 2. The smallest absolute Gasteiger partial charge is 0.323 e. The number of fused-ring (bicyclic) bond motifs is 1. The number of urea groups is 1. The predicted octanol–water partition coefficient (Wildman–Crippen LogP) is 5.19. The Balaban J connectivity index is 1.53. The zero-order valence-corrected chi connectivity index (χ0v) is 14.2. The van der Waals surface area contributed by atoms with Crippen LogP contribution in [0, 0.1) is 0 Å². The number of nitrogens with zero attached hydrogens (tertiary/aromatic N) is 2. The summed E-state index contributed by atoms with van der Waals surface area (Å²) in [4.78, 5) is 20.6. The molecule has 2 aromatic heterocycles. The fourth-order valence-corrected chi connectivity index (χ4v) is 2.67. The number of carbonyl (C=O) groups is 1. The number of hydrogen-bond acceptors (Lipinski definition) is 4. The van der Waals surface area contributed by atoms with Gasteiger partial charge in [-0.05, 0) is 42.5 Å². The monoisotopic (exact) mass is 364 g/mol. The van der Waals surface area contributed by atoms with Crippen molar-refractivity contribution >= 4 is 40.1 Å². The van der Waals surface area contributed by atoms with Crippen molar-refractivity contribution in [2.24, 2.45) is 0 Å². The third kappa shape index (κ3) is 3.50. The molecule has 2 N–H and O–H groups in total. The molecule has 4 aromatic rings. The lowest BCUT2D eigenvalue weighted by molar-refractivity contribution is 0.262. The Kier molecular flexibility index (Phi) is 4.25. The number of hydrogen-bond donors (Lipinski definition) is 2. The van der Waals surface area contributed by atoms with Crippen molar-refractivity contribution in [2.75, 3.05) is 10.6 Å². The number of pyridine rings is 1. The number of rotatable bonds is 3. The van der Waals surface area contributed by atoms with E-state index in [-0.39, 0.29) is 6.03 Å². The number of oxazole rings is 1. The van der Waals surface area contributed by atoms with Crippen LogP contribution >= 0.6 is 11.6 Å². The van der Waals surface area contributed by atoms with E-state index in [0.29, 0.717) is 33.4 Å². The summed E-state index contributed by atoms with van der Waals surface area (Å²) in [6.45, 7) is 0. The number of nitrogens with one attached hydrogen (secondary N) is 2. The Labute approximate surface area is 153 Å². The quantitative estimate of drug-likeness (QED) is 0.524. The predicted molar refractivity (Wildman–Crippen MR) is 101 cm³/mol. The number of carbonyl (C=O) groups excluding carboxylic acids is 1. The van der Waals surface area contributed by atoms with Crippen LogP contribution in [0.2, 0.25) is 5.02 Å². The minimum atomic E-state index is -0.375. The second-order valence-corrected chi connectivity index (χ2v) is 5.96. The zero-order chi connectivity index (χ0) is 17.9. The van der Waals surface area contributed by atoms with E-state index in [1.54, 1.807) is 54.9 Å². The summed E-state index contributed by atoms with van der Waals surface area (Å²) in [5.41, 5.74) is 3.32. The molecule has 26 heavy (non-hydrogen) atoms. The van der Waals surface area contributed by atoms with Crippen LogP contribution in [0.4, 0.5) is 16.2 Å². The van der Waals surface area contributed by atoms with E-state index in [1.807, 2.05) is 12.1 Å². The SMILES string of the molecule is O=C(Nc1cccc(Cl)c1)Nc1ccc2nc(-c3ccncc3)oc2c1. The van der Waals surface area contributed by atoms with Gasteiger partial charge in [-0.25, -0.2) is 9.78 Å². The summed E-state index contributed by atoms with van der Waals surface area (Å²) in [6, 6.07) is 15.5. The maximum Gasteiger partial charge on any atom is 0.323 e. The first kappa shape index (κ1) is 16.1. The van der Waals surface area contributed by atoms with Crippen molar-refractivity contribution in [1.82, 2.24) is 9.97 Å². The van der Waals surface area contributed by atoms with Crippen LogP contribution in [0.15, 0.2) is 71.4 Å². The number of anilines is 2. The Hall–Kier alpha value is -3.38. The molecule has 0 saturated heterocycles. The normalized spacial score (nSPS) is 10.7. The number of halogens is 1. The van der Waals surface area contributed by atoms with Gasteiger partial charge in [-0.15, -0.1) is 0 Å². The lowest BCUT2D eigenvalue weighted by atomic mass is 10.3. The third-order valence-electron chi connectivity index (χ3n) is 3.66. The van der Waals surface area contributed by atoms with Gasteiger partial charge in [0.1, 0.15) is 5.52 Å². The summed E-state index contributed by atoms with van der Waals surface area (Å²) in [5.74, 6) is 0.503. The van der Waals surface area contributed by atoms with Crippen molar-refractivity contribution in [2.45, 2.75) is 0 Å². The third-order valence-corrected chi connectivity index (χ3v) is 3.89. The van der Waals surface area contributed by atoms with Crippen LogP contribution in [-0.2, 0) is 0 Å². The fraction of sp³-hybridized carbons (Fsp3) is 0. The molecule has 0 radical (unpaired) electrons. The van der Waals surface area contributed by atoms with Gasteiger partial charge in [0.15, 0.2) is 5.58 Å². The fourth-order valence-electron chi connectivity index (χ4n) is 2.48. The Morgan fingerprint density at radius 2 is 1.73 bits per heavy atom. The molecule has 2 amide bonds. The van der Waals surface area contributed by atoms with Gasteiger partial charge >= 0.3 is 6.03 Å². The van der Waals surface area contributed by atoms with E-state index in [1.165, 1.54) is 0 Å². The molecule has 4 rings (SSSR count). The molecule has 6 nitrogen and oxygen atoms in total. The van der Waals surface area contributed by atoms with Gasteiger partial charge in [0, 0.05) is 40.4 Å². The van der Waals surface area contributed by atoms with Gasteiger partial charge in [0.25, 0.3) is 0 Å².